The van der Waals surface area contributed by atoms with E-state index in [2.05, 4.69) is 15.5 Å². The van der Waals surface area contributed by atoms with Crippen LogP contribution in [0.5, 0.6) is 0 Å². The van der Waals surface area contributed by atoms with Crippen molar-refractivity contribution in [2.75, 3.05) is 5.32 Å². The number of nitrogens with zero attached hydrogens (tertiary/aromatic N) is 2. The Balaban J connectivity index is 0.00000256. The summed E-state index contributed by atoms with van der Waals surface area (Å²) in [6, 6.07) is -0.554. The lowest BCUT2D eigenvalue weighted by Crippen LogP contribution is -2.45. The number of carbonyl (C=O) groups excluding carboxylic acids is 1. The number of amides is 1. The first-order chi connectivity index (χ1) is 7.34. The molecule has 98 valence electrons. The third kappa shape index (κ3) is 4.57. The lowest BCUT2D eigenvalue weighted by molar-refractivity contribution is -0.119. The van der Waals surface area contributed by atoms with Crippen LogP contribution in [-0.2, 0) is 11.2 Å². The average molecular weight is 279 g/mol. The van der Waals surface area contributed by atoms with Gasteiger partial charge in [-0.2, -0.15) is 0 Å². The van der Waals surface area contributed by atoms with Crippen LogP contribution < -0.4 is 11.1 Å². The molecule has 0 aromatic carbocycles. The van der Waals surface area contributed by atoms with Crippen molar-refractivity contribution in [2.45, 2.75) is 40.2 Å². The maximum Gasteiger partial charge on any atom is 0.243 e. The molecule has 1 aromatic rings. The number of halogens is 1. The monoisotopic (exact) mass is 278 g/mol. The molecule has 0 unspecified atom stereocenters. The first-order valence-electron chi connectivity index (χ1n) is 5.23. The predicted molar refractivity (Wildman–Crippen MR) is 72.6 cm³/mol. The minimum absolute atomic E-state index is 0. The van der Waals surface area contributed by atoms with Crippen LogP contribution in [0.3, 0.4) is 0 Å². The Morgan fingerprint density at radius 3 is 2.47 bits per heavy atom. The number of carbonyl (C=O) groups is 1. The van der Waals surface area contributed by atoms with E-state index in [0.717, 1.165) is 11.4 Å². The molecule has 1 atom stereocenters. The molecule has 1 aromatic heterocycles. The van der Waals surface area contributed by atoms with Gasteiger partial charge in [0.05, 0.1) is 6.04 Å². The molecule has 0 bridgehead atoms. The van der Waals surface area contributed by atoms with E-state index < -0.39 is 6.04 Å². The molecule has 0 aliphatic carbocycles. The third-order valence-corrected chi connectivity index (χ3v) is 3.20. The van der Waals surface area contributed by atoms with E-state index in [0.29, 0.717) is 5.13 Å². The van der Waals surface area contributed by atoms with Crippen molar-refractivity contribution in [1.29, 1.82) is 0 Å². The van der Waals surface area contributed by atoms with Crippen molar-refractivity contribution in [3.8, 4) is 0 Å². The van der Waals surface area contributed by atoms with Crippen molar-refractivity contribution in [3.05, 3.63) is 5.01 Å². The molecule has 0 spiro atoms. The molecular formula is C10H19ClN4OS. The van der Waals surface area contributed by atoms with Crippen LogP contribution in [0.2, 0.25) is 0 Å². The van der Waals surface area contributed by atoms with Crippen LogP contribution in [0.1, 0.15) is 32.7 Å². The van der Waals surface area contributed by atoms with Crippen LogP contribution in [-0.4, -0.2) is 22.1 Å². The van der Waals surface area contributed by atoms with Gasteiger partial charge in [0.15, 0.2) is 0 Å². The van der Waals surface area contributed by atoms with E-state index in [-0.39, 0.29) is 23.7 Å². The highest BCUT2D eigenvalue weighted by Gasteiger charge is 2.28. The number of aryl methyl sites for hydroxylation is 1. The first kappa shape index (κ1) is 16.3. The van der Waals surface area contributed by atoms with Crippen molar-refractivity contribution in [2.24, 2.45) is 11.1 Å². The van der Waals surface area contributed by atoms with E-state index in [1.165, 1.54) is 11.3 Å². The van der Waals surface area contributed by atoms with E-state index in [1.54, 1.807) is 0 Å². The molecule has 7 heteroatoms. The summed E-state index contributed by atoms with van der Waals surface area (Å²) in [5.74, 6) is -0.216. The van der Waals surface area contributed by atoms with Crippen molar-refractivity contribution >= 4 is 34.8 Å². The second-order valence-corrected chi connectivity index (χ2v) is 5.75. The van der Waals surface area contributed by atoms with Crippen LogP contribution in [0.15, 0.2) is 0 Å². The number of rotatable bonds is 3. The number of hydrogen-bond acceptors (Lipinski definition) is 5. The summed E-state index contributed by atoms with van der Waals surface area (Å²) in [6.07, 6.45) is 0.818. The Hall–Kier alpha value is -0.720. The highest BCUT2D eigenvalue weighted by molar-refractivity contribution is 7.15. The maximum absolute atomic E-state index is 11.8. The largest absolute Gasteiger partial charge is 0.319 e. The molecule has 5 nitrogen and oxygen atoms in total. The Morgan fingerprint density at radius 1 is 1.47 bits per heavy atom. The summed E-state index contributed by atoms with van der Waals surface area (Å²) in [5, 5.41) is 11.9. The van der Waals surface area contributed by atoms with E-state index >= 15 is 0 Å². The zero-order chi connectivity index (χ0) is 12.3. The second kappa shape index (κ2) is 6.28. The van der Waals surface area contributed by atoms with Gasteiger partial charge in [0, 0.05) is 0 Å². The fraction of sp³-hybridized carbons (Fsp3) is 0.700. The molecule has 1 heterocycles. The lowest BCUT2D eigenvalue weighted by atomic mass is 9.87. The molecule has 17 heavy (non-hydrogen) atoms. The smallest absolute Gasteiger partial charge is 0.243 e. The highest BCUT2D eigenvalue weighted by atomic mass is 35.5. The fourth-order valence-corrected chi connectivity index (χ4v) is 1.71. The van der Waals surface area contributed by atoms with Gasteiger partial charge >= 0.3 is 0 Å². The van der Waals surface area contributed by atoms with Gasteiger partial charge in [0.25, 0.3) is 0 Å². The number of nitrogens with two attached hydrogens (primary N) is 1. The highest BCUT2D eigenvalue weighted by Crippen LogP contribution is 2.20. The summed E-state index contributed by atoms with van der Waals surface area (Å²) >= 11 is 1.38. The van der Waals surface area contributed by atoms with E-state index in [1.807, 2.05) is 27.7 Å². The Kier molecular flexibility index (Phi) is 6.01. The maximum atomic E-state index is 11.8. The minimum Gasteiger partial charge on any atom is -0.319 e. The third-order valence-electron chi connectivity index (χ3n) is 2.21. The van der Waals surface area contributed by atoms with Gasteiger partial charge in [-0.1, -0.05) is 39.0 Å². The van der Waals surface area contributed by atoms with E-state index in [9.17, 15) is 4.79 Å². The number of anilines is 1. The summed E-state index contributed by atoms with van der Waals surface area (Å²) in [4.78, 5) is 11.8. The van der Waals surface area contributed by atoms with Crippen molar-refractivity contribution in [3.63, 3.8) is 0 Å². The van der Waals surface area contributed by atoms with Crippen LogP contribution >= 0.6 is 23.7 Å². The van der Waals surface area contributed by atoms with Gasteiger partial charge in [-0.3, -0.25) is 10.1 Å². The molecule has 0 saturated carbocycles. The van der Waals surface area contributed by atoms with Gasteiger partial charge in [0.1, 0.15) is 5.01 Å². The standard InChI is InChI=1S/C10H18N4OS.ClH/c1-5-6-13-14-9(16-6)12-8(15)7(11)10(2,3)4;/h7H,5,11H2,1-4H3,(H,12,14,15);1H/t7-;/m1./s1. The molecule has 1 rings (SSSR count). The number of aromatic nitrogens is 2. The first-order valence-corrected chi connectivity index (χ1v) is 6.05. The Labute approximate surface area is 112 Å². The zero-order valence-corrected chi connectivity index (χ0v) is 12.1. The fourth-order valence-electron chi connectivity index (χ4n) is 1.02. The molecule has 0 saturated heterocycles. The van der Waals surface area contributed by atoms with Crippen LogP contribution in [0.25, 0.3) is 0 Å². The normalized spacial score (nSPS) is 12.8. The second-order valence-electron chi connectivity index (χ2n) is 4.69. The summed E-state index contributed by atoms with van der Waals surface area (Å²) in [6.45, 7) is 7.77. The molecular weight excluding hydrogens is 260 g/mol. The van der Waals surface area contributed by atoms with Gasteiger partial charge in [0.2, 0.25) is 11.0 Å². The quantitative estimate of drug-likeness (QED) is 0.884. The predicted octanol–water partition coefficient (Wildman–Crippen LogP) is 1.83. The number of nitrogens with one attached hydrogen (secondary N) is 1. The Bertz CT molecular complexity index is 375. The Morgan fingerprint density at radius 2 is 2.06 bits per heavy atom. The molecule has 0 aliphatic heterocycles. The van der Waals surface area contributed by atoms with Crippen molar-refractivity contribution in [1.82, 2.24) is 10.2 Å². The lowest BCUT2D eigenvalue weighted by Gasteiger charge is -2.25. The topological polar surface area (TPSA) is 80.9 Å². The minimum atomic E-state index is -0.554. The summed E-state index contributed by atoms with van der Waals surface area (Å²) < 4.78 is 0. The van der Waals surface area contributed by atoms with Crippen molar-refractivity contribution < 1.29 is 4.79 Å². The molecule has 3 N–H and O–H groups in total. The molecule has 0 radical (unpaired) electrons. The van der Waals surface area contributed by atoms with Gasteiger partial charge < -0.3 is 5.73 Å². The van der Waals surface area contributed by atoms with Gasteiger partial charge in [-0.05, 0) is 11.8 Å². The van der Waals surface area contributed by atoms with Gasteiger partial charge in [-0.15, -0.1) is 22.6 Å². The summed E-state index contributed by atoms with van der Waals surface area (Å²) in [7, 11) is 0. The molecule has 0 fully saturated rings. The van der Waals surface area contributed by atoms with Crippen LogP contribution in [0, 0.1) is 5.41 Å². The van der Waals surface area contributed by atoms with Crippen LogP contribution in [0.4, 0.5) is 5.13 Å². The molecule has 0 aliphatic rings. The average Bonchev–Trinajstić information content (AvgIpc) is 2.63. The van der Waals surface area contributed by atoms with E-state index in [4.69, 9.17) is 5.73 Å². The number of hydrogen-bond donors (Lipinski definition) is 2. The zero-order valence-electron chi connectivity index (χ0n) is 10.5. The SMILES string of the molecule is CCc1nnc(NC(=O)[C@@H](N)C(C)(C)C)s1.Cl. The molecule has 1 amide bonds. The van der Waals surface area contributed by atoms with Gasteiger partial charge in [-0.25, -0.2) is 0 Å². The summed E-state index contributed by atoms with van der Waals surface area (Å²) in [5.41, 5.74) is 5.56.